The highest BCUT2D eigenvalue weighted by Gasteiger charge is 2.11. The minimum Gasteiger partial charge on any atom is -0.206 e. The Morgan fingerprint density at radius 3 is 1.94 bits per heavy atom. The fraction of sp³-hybridized carbons (Fsp3) is 0. The van der Waals surface area contributed by atoms with Gasteiger partial charge >= 0.3 is 0 Å². The molecule has 0 saturated carbocycles. The SMILES string of the molecule is In1nc(-c2ccccc2)nc1-c1ccccc1. The zero-order valence-electron chi connectivity index (χ0n) is 9.49. The molecule has 0 atom stereocenters. The van der Waals surface area contributed by atoms with Crippen molar-refractivity contribution in [3.05, 3.63) is 60.7 Å². The van der Waals surface area contributed by atoms with Gasteiger partial charge in [-0.1, -0.05) is 60.7 Å². The topological polar surface area (TPSA) is 30.7 Å². The van der Waals surface area contributed by atoms with Gasteiger partial charge in [-0.2, -0.15) is 2.90 Å². The maximum absolute atomic E-state index is 4.59. The van der Waals surface area contributed by atoms with Gasteiger partial charge in [-0.3, -0.25) is 0 Å². The monoisotopic (exact) mass is 347 g/mol. The lowest BCUT2D eigenvalue weighted by Gasteiger charge is -1.96. The lowest BCUT2D eigenvalue weighted by Crippen LogP contribution is -1.86. The highest BCUT2D eigenvalue weighted by molar-refractivity contribution is 14.1. The number of rotatable bonds is 2. The van der Waals surface area contributed by atoms with Crippen LogP contribution in [0.15, 0.2) is 60.7 Å². The van der Waals surface area contributed by atoms with E-state index in [4.69, 9.17) is 0 Å². The number of aromatic nitrogens is 3. The molecule has 0 spiro atoms. The lowest BCUT2D eigenvalue weighted by atomic mass is 10.2. The van der Waals surface area contributed by atoms with E-state index in [9.17, 15) is 0 Å². The highest BCUT2D eigenvalue weighted by atomic mass is 127. The molecule has 3 aromatic rings. The molecule has 1 aromatic heterocycles. The molecule has 0 N–H and O–H groups in total. The summed E-state index contributed by atoms with van der Waals surface area (Å²) < 4.78 is 1.79. The molecule has 2 aromatic carbocycles. The van der Waals surface area contributed by atoms with E-state index in [1.54, 1.807) is 2.90 Å². The van der Waals surface area contributed by atoms with Crippen molar-refractivity contribution in [3.8, 4) is 22.8 Å². The lowest BCUT2D eigenvalue weighted by molar-refractivity contribution is 1.07. The summed E-state index contributed by atoms with van der Waals surface area (Å²) in [6.07, 6.45) is 0. The van der Waals surface area contributed by atoms with E-state index in [1.807, 2.05) is 60.7 Å². The summed E-state index contributed by atoms with van der Waals surface area (Å²) in [5.74, 6) is 1.62. The Morgan fingerprint density at radius 1 is 0.778 bits per heavy atom. The van der Waals surface area contributed by atoms with Gasteiger partial charge in [-0.05, 0) is 0 Å². The minimum atomic E-state index is 0.754. The first-order valence-corrected chi connectivity index (χ1v) is 6.55. The van der Waals surface area contributed by atoms with Crippen molar-refractivity contribution < 1.29 is 0 Å². The predicted octanol–water partition coefficient (Wildman–Crippen LogP) is 3.81. The first kappa shape index (κ1) is 11.4. The third-order valence-electron chi connectivity index (χ3n) is 2.63. The average molecular weight is 347 g/mol. The molecule has 0 saturated heterocycles. The molecule has 0 amide bonds. The number of benzene rings is 2. The quantitative estimate of drug-likeness (QED) is 0.660. The molecule has 0 unspecified atom stereocenters. The zero-order valence-corrected chi connectivity index (χ0v) is 11.7. The van der Waals surface area contributed by atoms with Crippen LogP contribution in [-0.2, 0) is 0 Å². The van der Waals surface area contributed by atoms with Gasteiger partial charge in [0.2, 0.25) is 0 Å². The first-order valence-electron chi connectivity index (χ1n) is 5.58. The summed E-state index contributed by atoms with van der Waals surface area (Å²) in [5.41, 5.74) is 2.10. The number of hydrogen-bond donors (Lipinski definition) is 0. The molecule has 0 aliphatic heterocycles. The van der Waals surface area contributed by atoms with Crippen LogP contribution in [0.5, 0.6) is 0 Å². The Hall–Kier alpha value is -1.69. The molecule has 3 rings (SSSR count). The summed E-state index contributed by atoms with van der Waals surface area (Å²) in [6, 6.07) is 20.1. The van der Waals surface area contributed by atoms with E-state index >= 15 is 0 Å². The third-order valence-corrected chi connectivity index (χ3v) is 3.31. The van der Waals surface area contributed by atoms with Crippen LogP contribution >= 0.6 is 22.9 Å². The second-order valence-corrected chi connectivity index (χ2v) is 4.77. The van der Waals surface area contributed by atoms with Gasteiger partial charge in [0.15, 0.2) is 11.6 Å². The van der Waals surface area contributed by atoms with Crippen LogP contribution in [0.2, 0.25) is 0 Å². The summed E-state index contributed by atoms with van der Waals surface area (Å²) in [5, 5.41) is 4.45. The van der Waals surface area contributed by atoms with Gasteiger partial charge in [-0.15, -0.1) is 5.10 Å². The Labute approximate surface area is 119 Å². The third kappa shape index (κ3) is 2.15. The Kier molecular flexibility index (Phi) is 3.10. The Balaban J connectivity index is 2.07. The molecule has 0 bridgehead atoms. The van der Waals surface area contributed by atoms with Crippen LogP contribution in [0, 0.1) is 0 Å². The van der Waals surface area contributed by atoms with Gasteiger partial charge < -0.3 is 0 Å². The zero-order chi connectivity index (χ0) is 12.4. The summed E-state index contributed by atoms with van der Waals surface area (Å²) in [6.45, 7) is 0. The summed E-state index contributed by atoms with van der Waals surface area (Å²) in [7, 11) is 0. The molecule has 3 nitrogen and oxygen atoms in total. The molecule has 1 heterocycles. The van der Waals surface area contributed by atoms with Crippen molar-refractivity contribution >= 4 is 22.9 Å². The molecule has 18 heavy (non-hydrogen) atoms. The van der Waals surface area contributed by atoms with E-state index in [2.05, 4.69) is 32.9 Å². The van der Waals surface area contributed by atoms with Crippen molar-refractivity contribution in [1.82, 2.24) is 13.0 Å². The van der Waals surface area contributed by atoms with Crippen LogP contribution < -0.4 is 0 Å². The molecular weight excluding hydrogens is 337 g/mol. The molecule has 88 valence electrons. The van der Waals surface area contributed by atoms with Crippen molar-refractivity contribution in [1.29, 1.82) is 0 Å². The van der Waals surface area contributed by atoms with Crippen LogP contribution in [0.4, 0.5) is 0 Å². The molecule has 0 aliphatic rings. The molecule has 0 aliphatic carbocycles. The van der Waals surface area contributed by atoms with Gasteiger partial charge in [0.05, 0.1) is 22.9 Å². The van der Waals surface area contributed by atoms with Crippen LogP contribution in [0.1, 0.15) is 0 Å². The molecule has 0 radical (unpaired) electrons. The Morgan fingerprint density at radius 2 is 1.33 bits per heavy atom. The summed E-state index contributed by atoms with van der Waals surface area (Å²) >= 11 is 2.15. The molecule has 0 fully saturated rings. The van der Waals surface area contributed by atoms with Crippen molar-refractivity contribution in [2.45, 2.75) is 0 Å². The van der Waals surface area contributed by atoms with E-state index in [-0.39, 0.29) is 0 Å². The maximum Gasteiger partial charge on any atom is 0.182 e. The second-order valence-electron chi connectivity index (χ2n) is 3.85. The highest BCUT2D eigenvalue weighted by Crippen LogP contribution is 2.23. The van der Waals surface area contributed by atoms with Crippen LogP contribution in [-0.4, -0.2) is 13.0 Å². The van der Waals surface area contributed by atoms with Gasteiger partial charge in [0, 0.05) is 11.1 Å². The van der Waals surface area contributed by atoms with E-state index in [0.29, 0.717) is 0 Å². The van der Waals surface area contributed by atoms with Crippen LogP contribution in [0.3, 0.4) is 0 Å². The fourth-order valence-electron chi connectivity index (χ4n) is 1.76. The first-order chi connectivity index (χ1) is 8.84. The average Bonchev–Trinajstić information content (AvgIpc) is 2.83. The number of halogens is 1. The van der Waals surface area contributed by atoms with Gasteiger partial charge in [-0.25, -0.2) is 4.98 Å². The second kappa shape index (κ2) is 4.89. The van der Waals surface area contributed by atoms with Gasteiger partial charge in [0.25, 0.3) is 0 Å². The fourth-order valence-corrected chi connectivity index (χ4v) is 2.35. The van der Waals surface area contributed by atoms with Crippen molar-refractivity contribution in [2.75, 3.05) is 0 Å². The molecule has 4 heteroatoms. The normalized spacial score (nSPS) is 10.5. The van der Waals surface area contributed by atoms with E-state index in [0.717, 1.165) is 22.8 Å². The van der Waals surface area contributed by atoms with Gasteiger partial charge in [0.1, 0.15) is 0 Å². The molecular formula is C14H10IN3. The van der Waals surface area contributed by atoms with Crippen LogP contribution in [0.25, 0.3) is 22.8 Å². The van der Waals surface area contributed by atoms with E-state index in [1.165, 1.54) is 0 Å². The Bertz CT molecular complexity index is 647. The predicted molar refractivity (Wildman–Crippen MR) is 80.3 cm³/mol. The number of nitrogens with zero attached hydrogens (tertiary/aromatic N) is 3. The van der Waals surface area contributed by atoms with Crippen molar-refractivity contribution in [3.63, 3.8) is 0 Å². The van der Waals surface area contributed by atoms with E-state index < -0.39 is 0 Å². The largest absolute Gasteiger partial charge is 0.206 e. The number of hydrogen-bond acceptors (Lipinski definition) is 2. The smallest absolute Gasteiger partial charge is 0.182 e. The standard InChI is InChI=1S/C14H10IN3/c15-18-14(12-9-5-2-6-10-12)16-13(17-18)11-7-3-1-4-8-11/h1-10H. The minimum absolute atomic E-state index is 0.754. The summed E-state index contributed by atoms with van der Waals surface area (Å²) in [4.78, 5) is 4.59. The maximum atomic E-state index is 4.59. The van der Waals surface area contributed by atoms with Crippen molar-refractivity contribution in [2.24, 2.45) is 0 Å².